The number of hydrogen-bond acceptors (Lipinski definition) is 5. The Kier molecular flexibility index (Phi) is 5.02. The van der Waals surface area contributed by atoms with Crippen molar-refractivity contribution in [2.24, 2.45) is 0 Å². The van der Waals surface area contributed by atoms with Crippen LogP contribution < -0.4 is 0 Å². The number of fused-ring (bicyclic) bond motifs is 2. The van der Waals surface area contributed by atoms with Crippen LogP contribution in [0.4, 0.5) is 0 Å². The van der Waals surface area contributed by atoms with Crippen molar-refractivity contribution in [1.29, 1.82) is 0 Å². The summed E-state index contributed by atoms with van der Waals surface area (Å²) in [5.74, 6) is 0.532. The molecule has 0 fully saturated rings. The van der Waals surface area contributed by atoms with Gasteiger partial charge < -0.3 is 0 Å². The molecule has 0 aromatic carbocycles. The van der Waals surface area contributed by atoms with Crippen molar-refractivity contribution in [3.05, 3.63) is 40.5 Å². The monoisotopic (exact) mass is 427 g/mol. The molecule has 1 atom stereocenters. The first kappa shape index (κ1) is 20.1. The lowest BCUT2D eigenvalue weighted by molar-refractivity contribution is 0.684. The van der Waals surface area contributed by atoms with Crippen LogP contribution in [-0.4, -0.2) is 40.2 Å². The minimum atomic E-state index is -1.17. The fourth-order valence-corrected chi connectivity index (χ4v) is 5.23. The van der Waals surface area contributed by atoms with Gasteiger partial charge in [-0.1, -0.05) is 6.92 Å². The molecule has 4 heterocycles. The van der Waals surface area contributed by atoms with Crippen molar-refractivity contribution in [3.63, 3.8) is 0 Å². The van der Waals surface area contributed by atoms with Gasteiger partial charge in [-0.3, -0.25) is 8.61 Å². The Hall–Kier alpha value is -2.19. The molecule has 4 aromatic rings. The van der Waals surface area contributed by atoms with E-state index in [2.05, 4.69) is 32.7 Å². The molecule has 1 unspecified atom stereocenters. The summed E-state index contributed by atoms with van der Waals surface area (Å²) in [6, 6.07) is 1.97. The van der Waals surface area contributed by atoms with E-state index < -0.39 is 10.8 Å². The van der Waals surface area contributed by atoms with Crippen molar-refractivity contribution in [2.45, 2.75) is 51.5 Å². The lowest BCUT2D eigenvalue weighted by Crippen LogP contribution is -2.03. The van der Waals surface area contributed by atoms with Crippen LogP contribution in [0.15, 0.2) is 22.3 Å². The summed E-state index contributed by atoms with van der Waals surface area (Å²) in [5, 5.41) is 5.85. The lowest BCUT2D eigenvalue weighted by atomic mass is 10.0. The standard InChI is InChI=1S/C21H25N5OS2/c1-8-29(27)21-19(24-26-14(5)12(3)11(2)13(4)20(21)26)18-15(6)25-10-22-17(28-7)9-16(25)23-18/h9-10H,8H2,1-7H3. The SMILES string of the molecule is CCS(=O)c1c(-c2nc3cc(SC)ncn3c2C)nn2c(C)c(C)c(C)c(C)c12. The summed E-state index contributed by atoms with van der Waals surface area (Å²) in [4.78, 5) is 10.1. The summed E-state index contributed by atoms with van der Waals surface area (Å²) in [5.41, 5.74) is 8.79. The van der Waals surface area contributed by atoms with E-state index in [1.165, 1.54) is 11.1 Å². The fraction of sp³-hybridized carbons (Fsp3) is 0.381. The average Bonchev–Trinajstić information content (AvgIpc) is 3.28. The maximum absolute atomic E-state index is 13.2. The molecule has 29 heavy (non-hydrogen) atoms. The average molecular weight is 428 g/mol. The molecular weight excluding hydrogens is 402 g/mol. The maximum Gasteiger partial charge on any atom is 0.141 e. The number of pyridine rings is 1. The van der Waals surface area contributed by atoms with Gasteiger partial charge in [0, 0.05) is 17.5 Å². The van der Waals surface area contributed by atoms with E-state index in [1.807, 2.05) is 35.1 Å². The first-order valence-electron chi connectivity index (χ1n) is 9.56. The molecule has 0 N–H and O–H groups in total. The second kappa shape index (κ2) is 7.25. The van der Waals surface area contributed by atoms with E-state index in [0.29, 0.717) is 11.4 Å². The van der Waals surface area contributed by atoms with Crippen LogP contribution in [0.5, 0.6) is 0 Å². The highest BCUT2D eigenvalue weighted by molar-refractivity contribution is 7.98. The molecule has 0 aliphatic carbocycles. The smallest absolute Gasteiger partial charge is 0.141 e. The second-order valence-corrected chi connectivity index (χ2v) is 9.74. The summed E-state index contributed by atoms with van der Waals surface area (Å²) >= 11 is 1.58. The summed E-state index contributed by atoms with van der Waals surface area (Å²) in [7, 11) is -1.17. The Bertz CT molecular complexity index is 1300. The summed E-state index contributed by atoms with van der Waals surface area (Å²) in [6.07, 6.45) is 3.79. The van der Waals surface area contributed by atoms with E-state index in [-0.39, 0.29) is 0 Å². The highest BCUT2D eigenvalue weighted by Gasteiger charge is 2.26. The number of imidazole rings is 1. The quantitative estimate of drug-likeness (QED) is 0.356. The van der Waals surface area contributed by atoms with Gasteiger partial charge >= 0.3 is 0 Å². The Morgan fingerprint density at radius 2 is 1.76 bits per heavy atom. The Morgan fingerprint density at radius 3 is 2.41 bits per heavy atom. The largest absolute Gasteiger partial charge is 0.287 e. The molecule has 6 nitrogen and oxygen atoms in total. The molecule has 4 aromatic heterocycles. The molecule has 0 saturated carbocycles. The summed E-state index contributed by atoms with van der Waals surface area (Å²) < 4.78 is 17.1. The third-order valence-electron chi connectivity index (χ3n) is 5.84. The van der Waals surface area contributed by atoms with Gasteiger partial charge in [0.05, 0.1) is 26.9 Å². The minimum absolute atomic E-state index is 0.532. The van der Waals surface area contributed by atoms with Gasteiger partial charge in [-0.05, 0) is 57.6 Å². The van der Waals surface area contributed by atoms with E-state index in [1.54, 1.807) is 18.1 Å². The molecule has 4 rings (SSSR count). The maximum atomic E-state index is 13.2. The van der Waals surface area contributed by atoms with Gasteiger partial charge in [0.2, 0.25) is 0 Å². The lowest BCUT2D eigenvalue weighted by Gasteiger charge is -2.12. The van der Waals surface area contributed by atoms with E-state index in [0.717, 1.165) is 43.7 Å². The predicted molar refractivity (Wildman–Crippen MR) is 120 cm³/mol. The predicted octanol–water partition coefficient (Wildman–Crippen LogP) is 4.44. The highest BCUT2D eigenvalue weighted by atomic mass is 32.2. The van der Waals surface area contributed by atoms with Gasteiger partial charge in [0.25, 0.3) is 0 Å². The van der Waals surface area contributed by atoms with Crippen molar-refractivity contribution in [2.75, 3.05) is 12.0 Å². The minimum Gasteiger partial charge on any atom is -0.287 e. The van der Waals surface area contributed by atoms with Gasteiger partial charge in [-0.2, -0.15) is 5.10 Å². The van der Waals surface area contributed by atoms with E-state index >= 15 is 0 Å². The molecule has 8 heteroatoms. The molecule has 0 spiro atoms. The van der Waals surface area contributed by atoms with Gasteiger partial charge in [-0.15, -0.1) is 11.8 Å². The zero-order chi connectivity index (χ0) is 21.0. The van der Waals surface area contributed by atoms with E-state index in [9.17, 15) is 4.21 Å². The Morgan fingerprint density at radius 1 is 1.03 bits per heavy atom. The van der Waals surface area contributed by atoms with Crippen LogP contribution in [0.1, 0.15) is 35.0 Å². The summed E-state index contributed by atoms with van der Waals surface area (Å²) in [6.45, 7) is 12.3. The number of rotatable bonds is 4. The molecule has 0 radical (unpaired) electrons. The first-order chi connectivity index (χ1) is 13.8. The van der Waals surface area contributed by atoms with Crippen LogP contribution in [-0.2, 0) is 10.8 Å². The number of aromatic nitrogens is 5. The third kappa shape index (κ3) is 2.92. The highest BCUT2D eigenvalue weighted by Crippen LogP contribution is 2.35. The van der Waals surface area contributed by atoms with Crippen molar-refractivity contribution in [3.8, 4) is 11.4 Å². The molecular formula is C21H25N5OS2. The molecule has 0 aliphatic rings. The number of thioether (sulfide) groups is 1. The first-order valence-corrected chi connectivity index (χ1v) is 12.1. The number of hydrogen-bond donors (Lipinski definition) is 0. The van der Waals surface area contributed by atoms with Gasteiger partial charge in [0.1, 0.15) is 28.4 Å². The number of nitrogens with zero attached hydrogens (tertiary/aromatic N) is 5. The van der Waals surface area contributed by atoms with Crippen LogP contribution in [0.25, 0.3) is 22.6 Å². The Balaban J connectivity index is 2.13. The van der Waals surface area contributed by atoms with E-state index in [4.69, 9.17) is 10.1 Å². The molecule has 0 saturated heterocycles. The Labute approximate surface area is 177 Å². The molecule has 0 bridgehead atoms. The molecule has 0 aliphatic heterocycles. The van der Waals surface area contributed by atoms with Crippen LogP contribution in [0.3, 0.4) is 0 Å². The normalized spacial score (nSPS) is 12.9. The molecule has 0 amide bonds. The zero-order valence-corrected chi connectivity index (χ0v) is 19.5. The van der Waals surface area contributed by atoms with Crippen molar-refractivity contribution in [1.82, 2.24) is 24.0 Å². The molecule has 152 valence electrons. The van der Waals surface area contributed by atoms with Crippen LogP contribution in [0, 0.1) is 34.6 Å². The van der Waals surface area contributed by atoms with Crippen molar-refractivity contribution < 1.29 is 4.21 Å². The van der Waals surface area contributed by atoms with Gasteiger partial charge in [0.15, 0.2) is 0 Å². The van der Waals surface area contributed by atoms with Gasteiger partial charge in [-0.25, -0.2) is 14.5 Å². The van der Waals surface area contributed by atoms with Crippen molar-refractivity contribution >= 4 is 33.7 Å². The third-order valence-corrected chi connectivity index (χ3v) is 7.84. The number of aryl methyl sites for hydroxylation is 3. The zero-order valence-electron chi connectivity index (χ0n) is 17.8. The second-order valence-electron chi connectivity index (χ2n) is 7.24. The topological polar surface area (TPSA) is 64.6 Å². The van der Waals surface area contributed by atoms with Crippen LogP contribution >= 0.6 is 11.8 Å². The fourth-order valence-electron chi connectivity index (χ4n) is 3.76. The van der Waals surface area contributed by atoms with Crippen LogP contribution in [0.2, 0.25) is 0 Å².